The molecule has 23 heteroatoms. The highest BCUT2D eigenvalue weighted by atomic mass is 16.7. The van der Waals surface area contributed by atoms with Crippen molar-refractivity contribution in [2.75, 3.05) is 39.5 Å². The third-order valence-corrected chi connectivity index (χ3v) is 10.1. The Morgan fingerprint density at radius 2 is 1.19 bits per heavy atom. The van der Waals surface area contributed by atoms with E-state index >= 15 is 0 Å². The number of unbranched alkanes of at least 4 members (excludes halogenated alkanes) is 4. The van der Waals surface area contributed by atoms with Crippen molar-refractivity contribution >= 4 is 17.6 Å². The second kappa shape index (κ2) is 25.6. The van der Waals surface area contributed by atoms with Gasteiger partial charge in [-0.05, 0) is 39.2 Å². The zero-order chi connectivity index (χ0) is 42.9. The van der Waals surface area contributed by atoms with Crippen LogP contribution in [-0.4, -0.2) is 206 Å². The van der Waals surface area contributed by atoms with Gasteiger partial charge in [0.05, 0.1) is 32.5 Å². The van der Waals surface area contributed by atoms with Gasteiger partial charge in [0.2, 0.25) is 11.8 Å². The van der Waals surface area contributed by atoms with E-state index in [1.165, 1.54) is 6.92 Å². The first-order chi connectivity index (χ1) is 27.6. The summed E-state index contributed by atoms with van der Waals surface area (Å²) >= 11 is 0. The van der Waals surface area contributed by atoms with E-state index in [4.69, 9.17) is 34.2 Å². The quantitative estimate of drug-likeness (QED) is 0.0300. The number of aliphatic hydroxyl groups excluding tert-OH is 10. The number of carbonyl (C=O) groups excluding carboxylic acids is 3. The molecule has 338 valence electrons. The average molecular weight is 845 g/mol. The minimum atomic E-state index is -1.90. The molecule has 0 spiro atoms. The van der Waals surface area contributed by atoms with Crippen molar-refractivity contribution in [1.29, 1.82) is 0 Å². The Hall–Kier alpha value is -2.11. The fraction of sp³-hybridized carbons (Fsp3) is 0.914. The number of carbonyl (C=O) groups is 3. The van der Waals surface area contributed by atoms with Crippen LogP contribution in [0.3, 0.4) is 0 Å². The number of aliphatic hydroxyl groups is 10. The molecule has 15 N–H and O–H groups in total. The number of ketones is 1. The largest absolute Gasteiger partial charge is 0.394 e. The smallest absolute Gasteiger partial charge is 0.234 e. The van der Waals surface area contributed by atoms with E-state index in [1.807, 2.05) is 0 Å². The summed E-state index contributed by atoms with van der Waals surface area (Å²) in [5, 5.41) is 105. The van der Waals surface area contributed by atoms with Gasteiger partial charge in [0.15, 0.2) is 18.9 Å². The Morgan fingerprint density at radius 1 is 0.638 bits per heavy atom. The maximum atomic E-state index is 12.4. The fourth-order valence-corrected chi connectivity index (χ4v) is 6.55. The van der Waals surface area contributed by atoms with Crippen LogP contribution in [0.1, 0.15) is 64.7 Å². The second-order valence-electron chi connectivity index (χ2n) is 14.6. The molecule has 3 heterocycles. The SMILES string of the molecule is CC(=O)[C@H](CCCCN)NNC(=O)CCCCCCC(=O)NCCO[C@@H]1O[C@H](CO[C@H]2O[C@H](CO)[C@@H](O)[C@H](O)[C@@H]2O)[C@@H](O)[C@H](O[C@H]2O[C@H](CO)[C@@H](O)[C@H](O)[C@@H]2O)[C@@H]1O. The zero-order valence-electron chi connectivity index (χ0n) is 32.6. The Kier molecular flexibility index (Phi) is 22.2. The zero-order valence-corrected chi connectivity index (χ0v) is 32.6. The molecule has 0 radical (unpaired) electrons. The van der Waals surface area contributed by atoms with Crippen molar-refractivity contribution in [3.63, 3.8) is 0 Å². The van der Waals surface area contributed by atoms with Crippen molar-refractivity contribution in [3.05, 3.63) is 0 Å². The third-order valence-electron chi connectivity index (χ3n) is 10.1. The third kappa shape index (κ3) is 14.8. The van der Waals surface area contributed by atoms with E-state index in [2.05, 4.69) is 16.2 Å². The van der Waals surface area contributed by atoms with Crippen LogP contribution in [0.15, 0.2) is 0 Å². The number of ether oxygens (including phenoxy) is 6. The van der Waals surface area contributed by atoms with E-state index in [-0.39, 0.29) is 43.6 Å². The molecular weight excluding hydrogens is 780 g/mol. The van der Waals surface area contributed by atoms with Crippen molar-refractivity contribution in [3.8, 4) is 0 Å². The van der Waals surface area contributed by atoms with E-state index in [1.54, 1.807) is 0 Å². The Bertz CT molecular complexity index is 1220. The molecule has 2 amide bonds. The van der Waals surface area contributed by atoms with Crippen LogP contribution in [0.2, 0.25) is 0 Å². The van der Waals surface area contributed by atoms with Crippen LogP contribution in [-0.2, 0) is 42.8 Å². The number of hydrazine groups is 1. The Morgan fingerprint density at radius 3 is 1.78 bits per heavy atom. The summed E-state index contributed by atoms with van der Waals surface area (Å²) in [5.41, 5.74) is 10.8. The van der Waals surface area contributed by atoms with Gasteiger partial charge in [-0.1, -0.05) is 19.3 Å². The van der Waals surface area contributed by atoms with Gasteiger partial charge in [-0.15, -0.1) is 0 Å². The average Bonchev–Trinajstić information content (AvgIpc) is 3.20. The number of hydrogen-bond acceptors (Lipinski definition) is 21. The number of Topliss-reactive ketones (excluding diaryl/α,β-unsaturated/α-hetero) is 1. The molecule has 16 atom stereocenters. The van der Waals surface area contributed by atoms with Gasteiger partial charge in [-0.3, -0.25) is 19.8 Å². The van der Waals surface area contributed by atoms with E-state index in [0.29, 0.717) is 38.6 Å². The predicted octanol–water partition coefficient (Wildman–Crippen LogP) is -6.38. The summed E-state index contributed by atoms with van der Waals surface area (Å²) in [7, 11) is 0. The summed E-state index contributed by atoms with van der Waals surface area (Å²) < 4.78 is 33.3. The number of nitrogens with two attached hydrogens (primary N) is 1. The molecule has 23 nitrogen and oxygen atoms in total. The normalized spacial score (nSPS) is 36.0. The number of nitrogens with one attached hydrogen (secondary N) is 3. The molecule has 0 saturated carbocycles. The molecule has 58 heavy (non-hydrogen) atoms. The van der Waals surface area contributed by atoms with E-state index < -0.39 is 118 Å². The van der Waals surface area contributed by atoms with Crippen LogP contribution < -0.4 is 21.9 Å². The van der Waals surface area contributed by atoms with E-state index in [0.717, 1.165) is 12.8 Å². The lowest BCUT2D eigenvalue weighted by molar-refractivity contribution is -0.366. The van der Waals surface area contributed by atoms with E-state index in [9.17, 15) is 65.4 Å². The summed E-state index contributed by atoms with van der Waals surface area (Å²) in [4.78, 5) is 36.4. The second-order valence-corrected chi connectivity index (χ2v) is 14.6. The van der Waals surface area contributed by atoms with Crippen molar-refractivity contribution in [1.82, 2.24) is 16.2 Å². The first kappa shape index (κ1) is 50.2. The van der Waals surface area contributed by atoms with Crippen molar-refractivity contribution in [2.24, 2.45) is 5.73 Å². The molecular formula is C35H64N4O19. The number of rotatable bonds is 25. The lowest BCUT2D eigenvalue weighted by atomic mass is 9.96. The minimum Gasteiger partial charge on any atom is -0.394 e. The standard InChI is InChI=1S/C35H64N4O19/c1-17(42)18(8-6-7-11-36)38-39-23(44)10-5-3-2-4-9-22(43)37-12-13-53-34-31(52)32(58-35-30(51)28(49)25(46)20(15-41)56-35)26(47)21(57-34)16-54-33-29(50)27(48)24(45)19(14-40)55-33/h18-21,24-35,38,40-41,45-52H,2-16,36H2,1H3,(H,37,43)(H,39,44)/t18-,19+,20+,21+,24+,25+,26+,27-,28-,29-,30-,31-,32-,33-,34+,35+/m0/s1. The summed E-state index contributed by atoms with van der Waals surface area (Å²) in [6.07, 6.45) is -20.1. The highest BCUT2D eigenvalue weighted by molar-refractivity contribution is 5.82. The highest BCUT2D eigenvalue weighted by Crippen LogP contribution is 2.31. The molecule has 3 saturated heterocycles. The van der Waals surface area contributed by atoms with Gasteiger partial charge in [0, 0.05) is 19.4 Å². The molecule has 3 fully saturated rings. The van der Waals surface area contributed by atoms with Crippen LogP contribution >= 0.6 is 0 Å². The first-order valence-electron chi connectivity index (χ1n) is 19.7. The lowest BCUT2D eigenvalue weighted by Gasteiger charge is -2.46. The van der Waals surface area contributed by atoms with Gasteiger partial charge in [-0.2, -0.15) is 0 Å². The fourth-order valence-electron chi connectivity index (χ4n) is 6.55. The van der Waals surface area contributed by atoms with Gasteiger partial charge in [0.25, 0.3) is 0 Å². The maximum Gasteiger partial charge on any atom is 0.234 e. The summed E-state index contributed by atoms with van der Waals surface area (Å²) in [6.45, 7) is -0.433. The molecule has 0 unspecified atom stereocenters. The van der Waals surface area contributed by atoms with Gasteiger partial charge in [0.1, 0.15) is 79.0 Å². The monoisotopic (exact) mass is 844 g/mol. The molecule has 0 aliphatic carbocycles. The highest BCUT2D eigenvalue weighted by Gasteiger charge is 2.52. The number of amides is 2. The van der Waals surface area contributed by atoms with Gasteiger partial charge < -0.3 is 90.5 Å². The Balaban J connectivity index is 1.48. The van der Waals surface area contributed by atoms with Gasteiger partial charge in [-0.25, -0.2) is 5.43 Å². The predicted molar refractivity (Wildman–Crippen MR) is 194 cm³/mol. The summed E-state index contributed by atoms with van der Waals surface area (Å²) in [5.74, 6) is -0.628. The van der Waals surface area contributed by atoms with Crippen molar-refractivity contribution in [2.45, 2.75) is 163 Å². The molecule has 0 aromatic carbocycles. The maximum absolute atomic E-state index is 12.4. The minimum absolute atomic E-state index is 0.0428. The lowest BCUT2D eigenvalue weighted by Crippen LogP contribution is -2.65. The molecule has 3 aliphatic rings. The van der Waals surface area contributed by atoms with Crippen LogP contribution in [0.4, 0.5) is 0 Å². The summed E-state index contributed by atoms with van der Waals surface area (Å²) in [6, 6.07) is -0.479. The first-order valence-corrected chi connectivity index (χ1v) is 19.7. The molecule has 3 aliphatic heterocycles. The van der Waals surface area contributed by atoms with Crippen molar-refractivity contribution < 1.29 is 93.9 Å². The molecule has 0 aromatic heterocycles. The van der Waals surface area contributed by atoms with Crippen LogP contribution in [0.25, 0.3) is 0 Å². The molecule has 0 aromatic rings. The number of hydrogen-bond donors (Lipinski definition) is 14. The topological polar surface area (TPSA) is 371 Å². The van der Waals surface area contributed by atoms with Gasteiger partial charge >= 0.3 is 0 Å². The van der Waals surface area contributed by atoms with Crippen LogP contribution in [0, 0.1) is 0 Å². The van der Waals surface area contributed by atoms with Crippen LogP contribution in [0.5, 0.6) is 0 Å². The molecule has 3 rings (SSSR count). The Labute approximate surface area is 335 Å². The molecule has 0 bridgehead atoms.